The molecule has 134 valence electrons. The van der Waals surface area contributed by atoms with Gasteiger partial charge in [-0.05, 0) is 50.1 Å². The van der Waals surface area contributed by atoms with E-state index in [0.29, 0.717) is 28.0 Å². The predicted molar refractivity (Wildman–Crippen MR) is 99.2 cm³/mol. The molecule has 2 rings (SSSR count). The van der Waals surface area contributed by atoms with Crippen molar-refractivity contribution in [1.82, 2.24) is 0 Å². The highest BCUT2D eigenvalue weighted by molar-refractivity contribution is 6.32. The summed E-state index contributed by atoms with van der Waals surface area (Å²) >= 11 is 6.12. The van der Waals surface area contributed by atoms with Gasteiger partial charge in [0.2, 0.25) is 0 Å². The third-order valence-corrected chi connectivity index (χ3v) is 4.06. The minimum atomic E-state index is -0.716. The second kappa shape index (κ2) is 8.12. The summed E-state index contributed by atoms with van der Waals surface area (Å²) in [5, 5.41) is 3.31. The van der Waals surface area contributed by atoms with Crippen molar-refractivity contribution in [2.75, 3.05) is 19.5 Å². The largest absolute Gasteiger partial charge is 0.493 e. The van der Waals surface area contributed by atoms with Gasteiger partial charge >= 0.3 is 0 Å². The SMILES string of the molecule is COc1cc(C)c(NC(=O)C(C)Oc2cc(C)ccc2Cl)cc1OC. The monoisotopic (exact) mass is 363 g/mol. The fourth-order valence-electron chi connectivity index (χ4n) is 2.29. The van der Waals surface area contributed by atoms with Crippen molar-refractivity contribution in [1.29, 1.82) is 0 Å². The van der Waals surface area contributed by atoms with Crippen molar-refractivity contribution >= 4 is 23.2 Å². The van der Waals surface area contributed by atoms with E-state index in [1.165, 1.54) is 0 Å². The summed E-state index contributed by atoms with van der Waals surface area (Å²) in [5.74, 6) is 1.34. The van der Waals surface area contributed by atoms with Crippen molar-refractivity contribution in [3.05, 3.63) is 46.5 Å². The number of nitrogens with one attached hydrogen (secondary N) is 1. The van der Waals surface area contributed by atoms with E-state index in [9.17, 15) is 4.79 Å². The molecule has 0 bridgehead atoms. The van der Waals surface area contributed by atoms with Gasteiger partial charge in [-0.3, -0.25) is 4.79 Å². The van der Waals surface area contributed by atoms with Gasteiger partial charge in [0.25, 0.3) is 5.91 Å². The number of anilines is 1. The molecule has 0 aliphatic carbocycles. The lowest BCUT2D eigenvalue weighted by molar-refractivity contribution is -0.122. The molecule has 1 N–H and O–H groups in total. The van der Waals surface area contributed by atoms with E-state index in [2.05, 4.69) is 5.32 Å². The van der Waals surface area contributed by atoms with Crippen molar-refractivity contribution in [2.24, 2.45) is 0 Å². The number of halogens is 1. The first kappa shape index (κ1) is 18.9. The summed E-state index contributed by atoms with van der Waals surface area (Å²) in [4.78, 5) is 12.5. The van der Waals surface area contributed by atoms with Crippen LogP contribution in [-0.2, 0) is 4.79 Å². The maximum atomic E-state index is 12.5. The zero-order chi connectivity index (χ0) is 18.6. The maximum Gasteiger partial charge on any atom is 0.265 e. The summed E-state index contributed by atoms with van der Waals surface area (Å²) in [6, 6.07) is 8.95. The second-order valence-electron chi connectivity index (χ2n) is 5.71. The molecular weight excluding hydrogens is 342 g/mol. The molecule has 0 radical (unpaired) electrons. The van der Waals surface area contributed by atoms with Crippen LogP contribution < -0.4 is 19.5 Å². The van der Waals surface area contributed by atoms with Crippen molar-refractivity contribution in [2.45, 2.75) is 26.9 Å². The van der Waals surface area contributed by atoms with Crippen LogP contribution in [0.3, 0.4) is 0 Å². The highest BCUT2D eigenvalue weighted by atomic mass is 35.5. The molecule has 0 aromatic heterocycles. The summed E-state index contributed by atoms with van der Waals surface area (Å²) in [5.41, 5.74) is 2.49. The Bertz CT molecular complexity index is 776. The number of carbonyl (C=O) groups is 1. The van der Waals surface area contributed by atoms with E-state index in [0.717, 1.165) is 11.1 Å². The van der Waals surface area contributed by atoms with Crippen molar-refractivity contribution in [3.8, 4) is 17.2 Å². The lowest BCUT2D eigenvalue weighted by atomic mass is 10.1. The summed E-state index contributed by atoms with van der Waals surface area (Å²) in [6.07, 6.45) is -0.716. The minimum absolute atomic E-state index is 0.284. The first-order valence-electron chi connectivity index (χ1n) is 7.82. The number of amides is 1. The van der Waals surface area contributed by atoms with E-state index >= 15 is 0 Å². The molecule has 1 amide bonds. The summed E-state index contributed by atoms with van der Waals surface area (Å²) in [6.45, 7) is 5.48. The van der Waals surface area contributed by atoms with E-state index in [-0.39, 0.29) is 5.91 Å². The van der Waals surface area contributed by atoms with Crippen LogP contribution >= 0.6 is 11.6 Å². The molecule has 0 spiro atoms. The quantitative estimate of drug-likeness (QED) is 0.827. The van der Waals surface area contributed by atoms with Crippen LogP contribution in [0.15, 0.2) is 30.3 Å². The lowest BCUT2D eigenvalue weighted by Crippen LogP contribution is -2.30. The van der Waals surface area contributed by atoms with Crippen LogP contribution in [-0.4, -0.2) is 26.2 Å². The van der Waals surface area contributed by atoms with Gasteiger partial charge in [-0.25, -0.2) is 0 Å². The number of methoxy groups -OCH3 is 2. The number of hydrogen-bond donors (Lipinski definition) is 1. The number of ether oxygens (including phenoxy) is 3. The summed E-state index contributed by atoms with van der Waals surface area (Å²) in [7, 11) is 3.11. The van der Waals surface area contributed by atoms with Gasteiger partial charge in [0.15, 0.2) is 17.6 Å². The number of carbonyl (C=O) groups excluding carboxylic acids is 1. The Morgan fingerprint density at radius 3 is 2.32 bits per heavy atom. The van der Waals surface area contributed by atoms with Gasteiger partial charge < -0.3 is 19.5 Å². The Morgan fingerprint density at radius 2 is 1.68 bits per heavy atom. The standard InChI is InChI=1S/C19H22ClNO4/c1-11-6-7-14(20)16(8-11)25-13(3)19(22)21-15-10-18(24-5)17(23-4)9-12(15)2/h6-10,13H,1-5H3,(H,21,22). The fraction of sp³-hybridized carbons (Fsp3) is 0.316. The Balaban J connectivity index is 2.14. The van der Waals surface area contributed by atoms with E-state index < -0.39 is 6.10 Å². The first-order valence-corrected chi connectivity index (χ1v) is 8.19. The summed E-state index contributed by atoms with van der Waals surface area (Å²) < 4.78 is 16.2. The molecule has 0 saturated heterocycles. The molecule has 2 aromatic carbocycles. The van der Waals surface area contributed by atoms with Gasteiger partial charge in [-0.1, -0.05) is 17.7 Å². The van der Waals surface area contributed by atoms with Crippen LogP contribution in [0.2, 0.25) is 5.02 Å². The molecule has 0 aliphatic rings. The molecule has 0 fully saturated rings. The molecular formula is C19H22ClNO4. The van der Waals surface area contributed by atoms with Crippen molar-refractivity contribution < 1.29 is 19.0 Å². The van der Waals surface area contributed by atoms with Crippen LogP contribution in [0.4, 0.5) is 5.69 Å². The minimum Gasteiger partial charge on any atom is -0.493 e. The lowest BCUT2D eigenvalue weighted by Gasteiger charge is -2.18. The molecule has 0 saturated carbocycles. The average molecular weight is 364 g/mol. The predicted octanol–water partition coefficient (Wildman–Crippen LogP) is 4.38. The molecule has 0 heterocycles. The maximum absolute atomic E-state index is 12.5. The van der Waals surface area contributed by atoms with Crippen LogP contribution in [0.1, 0.15) is 18.1 Å². The van der Waals surface area contributed by atoms with E-state index in [1.54, 1.807) is 45.4 Å². The Morgan fingerprint density at radius 1 is 1.04 bits per heavy atom. The van der Waals surface area contributed by atoms with Gasteiger partial charge in [0, 0.05) is 11.8 Å². The molecule has 5 nitrogen and oxygen atoms in total. The zero-order valence-electron chi connectivity index (χ0n) is 15.0. The molecule has 2 aromatic rings. The van der Waals surface area contributed by atoms with Gasteiger partial charge in [-0.15, -0.1) is 0 Å². The Hall–Kier alpha value is -2.40. The molecule has 25 heavy (non-hydrogen) atoms. The number of hydrogen-bond acceptors (Lipinski definition) is 4. The topological polar surface area (TPSA) is 56.8 Å². The smallest absolute Gasteiger partial charge is 0.265 e. The molecule has 1 atom stereocenters. The van der Waals surface area contributed by atoms with E-state index in [1.807, 2.05) is 19.9 Å². The van der Waals surface area contributed by atoms with Gasteiger partial charge in [0.1, 0.15) is 5.75 Å². The molecule has 6 heteroatoms. The Labute approximate surface area is 152 Å². The Kier molecular flexibility index (Phi) is 6.15. The third-order valence-electron chi connectivity index (χ3n) is 3.75. The third kappa shape index (κ3) is 4.57. The zero-order valence-corrected chi connectivity index (χ0v) is 15.7. The second-order valence-corrected chi connectivity index (χ2v) is 6.11. The normalized spacial score (nSPS) is 11.6. The first-order chi connectivity index (χ1) is 11.8. The number of rotatable bonds is 6. The van der Waals surface area contributed by atoms with Crippen LogP contribution in [0.25, 0.3) is 0 Å². The van der Waals surface area contributed by atoms with Crippen LogP contribution in [0, 0.1) is 13.8 Å². The number of benzene rings is 2. The number of aryl methyl sites for hydroxylation is 2. The molecule has 0 aliphatic heterocycles. The van der Waals surface area contributed by atoms with Crippen LogP contribution in [0.5, 0.6) is 17.2 Å². The van der Waals surface area contributed by atoms with E-state index in [4.69, 9.17) is 25.8 Å². The highest BCUT2D eigenvalue weighted by Crippen LogP contribution is 2.33. The average Bonchev–Trinajstić information content (AvgIpc) is 2.59. The van der Waals surface area contributed by atoms with Gasteiger partial charge in [0.05, 0.1) is 19.2 Å². The van der Waals surface area contributed by atoms with Crippen molar-refractivity contribution in [3.63, 3.8) is 0 Å². The highest BCUT2D eigenvalue weighted by Gasteiger charge is 2.18. The fourth-order valence-corrected chi connectivity index (χ4v) is 2.46. The molecule has 1 unspecified atom stereocenters. The van der Waals surface area contributed by atoms with Gasteiger partial charge in [-0.2, -0.15) is 0 Å².